The van der Waals surface area contributed by atoms with Gasteiger partial charge in [-0.05, 0) is 49.3 Å². The first-order chi connectivity index (χ1) is 14.9. The number of anilines is 2. The van der Waals surface area contributed by atoms with E-state index < -0.39 is 0 Å². The summed E-state index contributed by atoms with van der Waals surface area (Å²) in [4.78, 5) is 16.2. The predicted molar refractivity (Wildman–Crippen MR) is 121 cm³/mol. The Hall–Kier alpha value is -2.49. The van der Waals surface area contributed by atoms with Crippen LogP contribution in [0.25, 0.3) is 0 Å². The largest absolute Gasteiger partial charge is 0.382 e. The third-order valence-corrected chi connectivity index (χ3v) is 7.79. The number of aromatic nitrogens is 5. The predicted octanol–water partition coefficient (Wildman–Crippen LogP) is 3.20. The van der Waals surface area contributed by atoms with Crippen LogP contribution >= 0.6 is 23.4 Å². The lowest BCUT2D eigenvalue weighted by Gasteiger charge is -2.41. The number of nitrogen functional groups attached to an aromatic ring is 1. The minimum atomic E-state index is 0.0353. The quantitative estimate of drug-likeness (QED) is 0.614. The molecule has 8 nitrogen and oxygen atoms in total. The van der Waals surface area contributed by atoms with Crippen LogP contribution in [-0.2, 0) is 6.42 Å². The SMILES string of the molecule is Cc1ccc2c(n1)CC1(CCN(c3ncc(Sc4ccnc(N)c4Cl)nn3)CC1)[C@H]2N. The van der Waals surface area contributed by atoms with Crippen molar-refractivity contribution in [3.63, 3.8) is 0 Å². The summed E-state index contributed by atoms with van der Waals surface area (Å²) in [5, 5.41) is 9.73. The molecule has 4 heterocycles. The Bertz CT molecular complexity index is 1110. The summed E-state index contributed by atoms with van der Waals surface area (Å²) >= 11 is 7.57. The van der Waals surface area contributed by atoms with Crippen LogP contribution < -0.4 is 16.4 Å². The maximum Gasteiger partial charge on any atom is 0.245 e. The van der Waals surface area contributed by atoms with Crippen LogP contribution in [0.4, 0.5) is 11.8 Å². The van der Waals surface area contributed by atoms with Crippen molar-refractivity contribution >= 4 is 35.1 Å². The van der Waals surface area contributed by atoms with Gasteiger partial charge in [0, 0.05) is 41.6 Å². The molecule has 1 atom stereocenters. The number of fused-ring (bicyclic) bond motifs is 1. The van der Waals surface area contributed by atoms with E-state index >= 15 is 0 Å². The monoisotopic (exact) mass is 454 g/mol. The smallest absolute Gasteiger partial charge is 0.245 e. The Morgan fingerprint density at radius 3 is 2.71 bits per heavy atom. The first-order valence-corrected chi connectivity index (χ1v) is 11.4. The van der Waals surface area contributed by atoms with Gasteiger partial charge in [-0.15, -0.1) is 10.2 Å². The van der Waals surface area contributed by atoms with Crippen molar-refractivity contribution in [1.29, 1.82) is 0 Å². The van der Waals surface area contributed by atoms with E-state index in [-0.39, 0.29) is 11.5 Å². The number of aryl methyl sites for hydroxylation is 1. The van der Waals surface area contributed by atoms with E-state index in [1.807, 2.05) is 6.92 Å². The molecule has 1 aliphatic carbocycles. The maximum absolute atomic E-state index is 6.68. The molecule has 1 spiro atoms. The number of piperidine rings is 1. The summed E-state index contributed by atoms with van der Waals surface area (Å²) in [5.41, 5.74) is 15.9. The Morgan fingerprint density at radius 2 is 1.97 bits per heavy atom. The van der Waals surface area contributed by atoms with E-state index in [0.717, 1.165) is 48.6 Å². The fourth-order valence-electron chi connectivity index (χ4n) is 4.54. The number of pyridine rings is 2. The molecule has 10 heteroatoms. The second-order valence-electron chi connectivity index (χ2n) is 8.20. The highest BCUT2D eigenvalue weighted by Crippen LogP contribution is 2.50. The minimum Gasteiger partial charge on any atom is -0.382 e. The van der Waals surface area contributed by atoms with Crippen molar-refractivity contribution in [2.45, 2.75) is 42.1 Å². The van der Waals surface area contributed by atoms with E-state index in [0.29, 0.717) is 21.8 Å². The Kier molecular flexibility index (Phi) is 5.19. The third-order valence-electron chi connectivity index (χ3n) is 6.33. The van der Waals surface area contributed by atoms with E-state index in [4.69, 9.17) is 28.1 Å². The van der Waals surface area contributed by atoms with Crippen molar-refractivity contribution in [3.8, 4) is 0 Å². The highest BCUT2D eigenvalue weighted by atomic mass is 35.5. The maximum atomic E-state index is 6.68. The molecule has 31 heavy (non-hydrogen) atoms. The molecule has 0 bridgehead atoms. The topological polar surface area (TPSA) is 120 Å². The van der Waals surface area contributed by atoms with Gasteiger partial charge in [0.2, 0.25) is 5.95 Å². The van der Waals surface area contributed by atoms with Crippen LogP contribution in [-0.4, -0.2) is 38.2 Å². The lowest BCUT2D eigenvalue weighted by atomic mass is 9.73. The van der Waals surface area contributed by atoms with Crippen LogP contribution in [0.1, 0.15) is 35.8 Å². The molecule has 0 amide bonds. The summed E-state index contributed by atoms with van der Waals surface area (Å²) in [6, 6.07) is 6.03. The van der Waals surface area contributed by atoms with E-state index in [1.165, 1.54) is 17.3 Å². The fraction of sp³-hybridized carbons (Fsp3) is 0.381. The molecular weight excluding hydrogens is 432 g/mol. The van der Waals surface area contributed by atoms with Gasteiger partial charge in [0.1, 0.15) is 10.8 Å². The molecule has 1 fully saturated rings. The van der Waals surface area contributed by atoms with Gasteiger partial charge in [-0.3, -0.25) is 4.98 Å². The van der Waals surface area contributed by atoms with E-state index in [2.05, 4.69) is 37.2 Å². The number of hydrogen-bond donors (Lipinski definition) is 2. The number of hydrogen-bond acceptors (Lipinski definition) is 9. The summed E-state index contributed by atoms with van der Waals surface area (Å²) in [5.74, 6) is 0.932. The Labute approximate surface area is 189 Å². The van der Waals surface area contributed by atoms with Gasteiger partial charge in [0.25, 0.3) is 0 Å². The van der Waals surface area contributed by atoms with E-state index in [9.17, 15) is 0 Å². The lowest BCUT2D eigenvalue weighted by molar-refractivity contribution is 0.186. The lowest BCUT2D eigenvalue weighted by Crippen LogP contribution is -2.45. The van der Waals surface area contributed by atoms with Gasteiger partial charge in [-0.1, -0.05) is 29.4 Å². The second-order valence-corrected chi connectivity index (χ2v) is 9.64. The molecule has 1 aliphatic heterocycles. The first-order valence-electron chi connectivity index (χ1n) is 10.2. The number of halogens is 1. The van der Waals surface area contributed by atoms with Crippen LogP contribution in [0.5, 0.6) is 0 Å². The normalized spacial score (nSPS) is 19.6. The third kappa shape index (κ3) is 3.71. The first kappa shape index (κ1) is 20.4. The second kappa shape index (κ2) is 7.89. The molecule has 0 saturated carbocycles. The number of nitrogens with zero attached hydrogens (tertiary/aromatic N) is 6. The van der Waals surface area contributed by atoms with Gasteiger partial charge < -0.3 is 16.4 Å². The molecule has 5 rings (SSSR count). The summed E-state index contributed by atoms with van der Waals surface area (Å²) < 4.78 is 0. The molecule has 160 valence electrons. The fourth-order valence-corrected chi connectivity index (χ4v) is 5.51. The average molecular weight is 455 g/mol. The highest BCUT2D eigenvalue weighted by Gasteiger charge is 2.46. The molecule has 4 N–H and O–H groups in total. The average Bonchev–Trinajstić information content (AvgIpc) is 3.03. The molecule has 2 aliphatic rings. The van der Waals surface area contributed by atoms with Crippen molar-refractivity contribution in [1.82, 2.24) is 25.1 Å². The Morgan fingerprint density at radius 1 is 1.16 bits per heavy atom. The van der Waals surface area contributed by atoms with Crippen LogP contribution in [0.3, 0.4) is 0 Å². The molecule has 1 saturated heterocycles. The van der Waals surface area contributed by atoms with Crippen LogP contribution in [0.15, 0.2) is 40.5 Å². The molecule has 0 radical (unpaired) electrons. The Balaban J connectivity index is 1.26. The number of nitrogens with two attached hydrogens (primary N) is 2. The standard InChI is InChI=1S/C21H23ClN8S/c1-12-2-3-13-14(27-12)10-21(18(13)23)5-8-30(9-6-21)20-26-11-16(28-29-20)31-15-4-7-25-19(24)17(15)22/h2-4,7,11,18H,5-6,8-10,23H2,1H3,(H2,24,25)/t18-/m0/s1. The van der Waals surface area contributed by atoms with Crippen molar-refractivity contribution in [3.05, 3.63) is 52.6 Å². The summed E-state index contributed by atoms with van der Waals surface area (Å²) in [6.45, 7) is 3.73. The van der Waals surface area contributed by atoms with Gasteiger partial charge >= 0.3 is 0 Å². The highest BCUT2D eigenvalue weighted by molar-refractivity contribution is 7.99. The van der Waals surface area contributed by atoms with Crippen molar-refractivity contribution in [2.24, 2.45) is 11.1 Å². The number of rotatable bonds is 3. The molecule has 3 aromatic heterocycles. The molecule has 0 aromatic carbocycles. The van der Waals surface area contributed by atoms with Crippen molar-refractivity contribution < 1.29 is 0 Å². The zero-order valence-electron chi connectivity index (χ0n) is 17.1. The minimum absolute atomic E-state index is 0.0353. The summed E-state index contributed by atoms with van der Waals surface area (Å²) in [6.07, 6.45) is 6.24. The van der Waals surface area contributed by atoms with Crippen molar-refractivity contribution in [2.75, 3.05) is 23.7 Å². The van der Waals surface area contributed by atoms with E-state index in [1.54, 1.807) is 18.5 Å². The summed E-state index contributed by atoms with van der Waals surface area (Å²) in [7, 11) is 0. The van der Waals surface area contributed by atoms with Gasteiger partial charge in [0.05, 0.1) is 11.2 Å². The van der Waals surface area contributed by atoms with Gasteiger partial charge in [-0.2, -0.15) is 0 Å². The van der Waals surface area contributed by atoms with Crippen LogP contribution in [0, 0.1) is 12.3 Å². The molecule has 0 unspecified atom stereocenters. The zero-order chi connectivity index (χ0) is 21.6. The molecular formula is C21H23ClN8S. The zero-order valence-corrected chi connectivity index (χ0v) is 18.7. The molecule has 3 aromatic rings. The van der Waals surface area contributed by atoms with Gasteiger partial charge in [0.15, 0.2) is 0 Å². The van der Waals surface area contributed by atoms with Crippen LogP contribution in [0.2, 0.25) is 5.02 Å². The van der Waals surface area contributed by atoms with Gasteiger partial charge in [-0.25, -0.2) is 9.97 Å².